The second kappa shape index (κ2) is 7.37. The summed E-state index contributed by atoms with van der Waals surface area (Å²) in [6.45, 7) is 2.42. The fourth-order valence-corrected chi connectivity index (χ4v) is 3.01. The van der Waals surface area contributed by atoms with Crippen LogP contribution in [-0.4, -0.2) is 41.8 Å². The molecule has 1 aliphatic carbocycles. The van der Waals surface area contributed by atoms with Gasteiger partial charge in [0.1, 0.15) is 18.0 Å². The van der Waals surface area contributed by atoms with E-state index in [0.717, 1.165) is 37.1 Å². The number of fused-ring (bicyclic) bond motifs is 1. The molecule has 2 aromatic rings. The van der Waals surface area contributed by atoms with Crippen LogP contribution in [0, 0.1) is 5.92 Å². The number of hydrogen-bond acceptors (Lipinski definition) is 6. The van der Waals surface area contributed by atoms with E-state index in [2.05, 4.69) is 32.0 Å². The number of hydrogen-bond donors (Lipinski definition) is 1. The Morgan fingerprint density at radius 1 is 1.30 bits per heavy atom. The first kappa shape index (κ1) is 15.7. The molecule has 0 spiro atoms. The van der Waals surface area contributed by atoms with Crippen LogP contribution in [0.1, 0.15) is 19.3 Å². The summed E-state index contributed by atoms with van der Waals surface area (Å²) in [5.74, 6) is 2.03. The average molecular weight is 313 g/mol. The van der Waals surface area contributed by atoms with Crippen LogP contribution in [0.5, 0.6) is 0 Å². The Bertz CT molecular complexity index is 688. The summed E-state index contributed by atoms with van der Waals surface area (Å²) in [5.41, 5.74) is 6.41. The molecule has 0 bridgehead atoms. The highest BCUT2D eigenvalue weighted by molar-refractivity contribution is 5.87. The van der Waals surface area contributed by atoms with Gasteiger partial charge in [0.15, 0.2) is 5.65 Å². The van der Waals surface area contributed by atoms with Crippen molar-refractivity contribution in [2.24, 2.45) is 5.92 Å². The minimum atomic E-state index is 0.475. The van der Waals surface area contributed by atoms with Crippen molar-refractivity contribution >= 4 is 22.7 Å². The highest BCUT2D eigenvalue weighted by Crippen LogP contribution is 2.26. The van der Waals surface area contributed by atoms with Crippen molar-refractivity contribution < 1.29 is 4.74 Å². The lowest BCUT2D eigenvalue weighted by molar-refractivity contribution is 0.204. The van der Waals surface area contributed by atoms with Gasteiger partial charge in [0, 0.05) is 20.2 Å². The molecule has 1 atom stereocenters. The summed E-state index contributed by atoms with van der Waals surface area (Å²) < 4.78 is 5.28. The number of nitrogens with two attached hydrogens (primary N) is 1. The molecule has 0 radical (unpaired) electrons. The van der Waals surface area contributed by atoms with Crippen molar-refractivity contribution in [1.29, 1.82) is 0 Å². The summed E-state index contributed by atoms with van der Waals surface area (Å²) >= 11 is 0. The van der Waals surface area contributed by atoms with Gasteiger partial charge in [0.2, 0.25) is 0 Å². The number of methoxy groups -OCH3 is 1. The van der Waals surface area contributed by atoms with Crippen molar-refractivity contribution in [3.05, 3.63) is 30.6 Å². The molecule has 0 saturated heterocycles. The van der Waals surface area contributed by atoms with E-state index in [9.17, 15) is 0 Å². The Morgan fingerprint density at radius 3 is 3.00 bits per heavy atom. The van der Waals surface area contributed by atoms with Crippen molar-refractivity contribution in [3.63, 3.8) is 0 Å². The Labute approximate surface area is 136 Å². The number of rotatable bonds is 6. The lowest BCUT2D eigenvalue weighted by Crippen LogP contribution is -2.33. The molecule has 0 fully saturated rings. The highest BCUT2D eigenvalue weighted by Gasteiger charge is 2.18. The van der Waals surface area contributed by atoms with Crippen LogP contribution in [-0.2, 0) is 4.74 Å². The molecule has 1 aliphatic rings. The lowest BCUT2D eigenvalue weighted by atomic mass is 9.94. The van der Waals surface area contributed by atoms with Crippen molar-refractivity contribution in [2.45, 2.75) is 19.3 Å². The maximum absolute atomic E-state index is 5.77. The number of pyridine rings is 1. The Hall–Kier alpha value is -2.21. The number of allylic oxidation sites excluding steroid dienone is 2. The highest BCUT2D eigenvalue weighted by atomic mass is 16.5. The smallest absolute Gasteiger partial charge is 0.166 e. The fraction of sp³-hybridized carbons (Fsp3) is 0.471. The predicted octanol–water partition coefficient (Wildman–Crippen LogP) is 2.42. The molecule has 0 saturated carbocycles. The van der Waals surface area contributed by atoms with E-state index >= 15 is 0 Å². The van der Waals surface area contributed by atoms with Gasteiger partial charge in [0.05, 0.1) is 12.0 Å². The van der Waals surface area contributed by atoms with E-state index in [1.807, 2.05) is 6.07 Å². The van der Waals surface area contributed by atoms with E-state index in [-0.39, 0.29) is 0 Å². The minimum absolute atomic E-state index is 0.475. The third-order valence-electron chi connectivity index (χ3n) is 4.22. The van der Waals surface area contributed by atoms with E-state index in [1.54, 1.807) is 19.5 Å². The summed E-state index contributed by atoms with van der Waals surface area (Å²) in [4.78, 5) is 15.3. The zero-order valence-corrected chi connectivity index (χ0v) is 13.5. The predicted molar refractivity (Wildman–Crippen MR) is 92.3 cm³/mol. The Morgan fingerprint density at radius 2 is 2.22 bits per heavy atom. The van der Waals surface area contributed by atoms with Gasteiger partial charge in [0.25, 0.3) is 0 Å². The van der Waals surface area contributed by atoms with Gasteiger partial charge in [-0.05, 0) is 37.3 Å². The fourth-order valence-electron chi connectivity index (χ4n) is 3.01. The van der Waals surface area contributed by atoms with Gasteiger partial charge in [-0.25, -0.2) is 15.0 Å². The monoisotopic (exact) mass is 313 g/mol. The van der Waals surface area contributed by atoms with Gasteiger partial charge in [-0.15, -0.1) is 0 Å². The molecule has 0 amide bonds. The number of nitrogen functional groups attached to an aromatic ring is 1. The number of anilines is 2. The lowest BCUT2D eigenvalue weighted by Gasteiger charge is -2.29. The Balaban J connectivity index is 1.90. The second-order valence-corrected chi connectivity index (χ2v) is 5.89. The summed E-state index contributed by atoms with van der Waals surface area (Å²) in [5, 5.41) is 0.934. The maximum atomic E-state index is 5.77. The molecule has 3 rings (SSSR count). The summed E-state index contributed by atoms with van der Waals surface area (Å²) in [7, 11) is 1.72. The zero-order valence-electron chi connectivity index (χ0n) is 13.5. The largest absolute Gasteiger partial charge is 0.384 e. The molecule has 6 nitrogen and oxygen atoms in total. The van der Waals surface area contributed by atoms with E-state index in [0.29, 0.717) is 24.0 Å². The van der Waals surface area contributed by atoms with E-state index in [1.165, 1.54) is 6.42 Å². The molecule has 23 heavy (non-hydrogen) atoms. The van der Waals surface area contributed by atoms with Crippen LogP contribution >= 0.6 is 0 Å². The quantitative estimate of drug-likeness (QED) is 0.825. The third-order valence-corrected chi connectivity index (χ3v) is 4.22. The number of aromatic nitrogens is 3. The summed E-state index contributed by atoms with van der Waals surface area (Å²) in [6.07, 6.45) is 9.60. The molecule has 2 heterocycles. The number of nitrogens with zero attached hydrogens (tertiary/aromatic N) is 4. The first-order chi connectivity index (χ1) is 11.3. The van der Waals surface area contributed by atoms with Crippen molar-refractivity contribution in [3.8, 4) is 0 Å². The van der Waals surface area contributed by atoms with Crippen LogP contribution in [0.25, 0.3) is 11.0 Å². The molecule has 0 aliphatic heterocycles. The van der Waals surface area contributed by atoms with Crippen LogP contribution in [0.2, 0.25) is 0 Å². The third kappa shape index (κ3) is 3.76. The standard InChI is InChI=1S/C17H23N5O/c1-23-10-9-22(11-13-5-3-2-4-6-13)17-14-7-8-15(18)21-16(14)19-12-20-17/h2-3,7-8,12-13H,4-6,9-11H2,1H3,(H2,18,19,20,21). The molecular formula is C17H23N5O. The molecular weight excluding hydrogens is 290 g/mol. The minimum Gasteiger partial charge on any atom is -0.384 e. The van der Waals surface area contributed by atoms with Gasteiger partial charge in [-0.2, -0.15) is 0 Å². The topological polar surface area (TPSA) is 77.2 Å². The molecule has 6 heteroatoms. The normalized spacial score (nSPS) is 17.5. The van der Waals surface area contributed by atoms with Crippen LogP contribution in [0.15, 0.2) is 30.6 Å². The van der Waals surface area contributed by atoms with E-state index in [4.69, 9.17) is 10.5 Å². The van der Waals surface area contributed by atoms with Gasteiger partial charge in [-0.1, -0.05) is 12.2 Å². The molecule has 2 N–H and O–H groups in total. The Kier molecular flexibility index (Phi) is 5.02. The van der Waals surface area contributed by atoms with E-state index < -0.39 is 0 Å². The SMILES string of the molecule is COCCN(CC1CC=CCC1)c1ncnc2nc(N)ccc12. The second-order valence-electron chi connectivity index (χ2n) is 5.89. The molecule has 2 aromatic heterocycles. The van der Waals surface area contributed by atoms with Crippen LogP contribution in [0.3, 0.4) is 0 Å². The van der Waals surface area contributed by atoms with Gasteiger partial charge >= 0.3 is 0 Å². The van der Waals surface area contributed by atoms with Gasteiger partial charge < -0.3 is 15.4 Å². The van der Waals surface area contributed by atoms with Gasteiger partial charge in [-0.3, -0.25) is 0 Å². The van der Waals surface area contributed by atoms with Crippen LogP contribution < -0.4 is 10.6 Å². The molecule has 1 unspecified atom stereocenters. The molecule has 122 valence electrons. The zero-order chi connectivity index (χ0) is 16.1. The average Bonchev–Trinajstić information content (AvgIpc) is 2.58. The van der Waals surface area contributed by atoms with Crippen molar-refractivity contribution in [2.75, 3.05) is 37.4 Å². The number of ether oxygens (including phenoxy) is 1. The molecule has 0 aromatic carbocycles. The summed E-state index contributed by atoms with van der Waals surface area (Å²) in [6, 6.07) is 3.75. The van der Waals surface area contributed by atoms with Crippen molar-refractivity contribution in [1.82, 2.24) is 15.0 Å². The van der Waals surface area contributed by atoms with Crippen LogP contribution in [0.4, 0.5) is 11.6 Å². The maximum Gasteiger partial charge on any atom is 0.166 e. The first-order valence-corrected chi connectivity index (χ1v) is 8.04. The first-order valence-electron chi connectivity index (χ1n) is 8.04.